The maximum absolute atomic E-state index is 9.71. The molecule has 1 saturated heterocycles. The molecule has 1 unspecified atom stereocenters. The van der Waals surface area contributed by atoms with Crippen LogP contribution < -0.4 is 4.90 Å². The van der Waals surface area contributed by atoms with E-state index in [2.05, 4.69) is 0 Å². The normalized spacial score (nSPS) is 22.9. The highest BCUT2D eigenvalue weighted by Gasteiger charge is 2.22. The van der Waals surface area contributed by atoms with Gasteiger partial charge in [0, 0.05) is 5.56 Å². The number of furan rings is 1. The first-order valence-corrected chi connectivity index (χ1v) is 7.45. The van der Waals surface area contributed by atoms with Gasteiger partial charge in [-0.2, -0.15) is 0 Å². The summed E-state index contributed by atoms with van der Waals surface area (Å²) in [7, 11) is 0. The quantitative estimate of drug-likeness (QED) is 0.910. The topological polar surface area (TPSA) is 37.8 Å². The van der Waals surface area contributed by atoms with E-state index in [1.807, 2.05) is 36.4 Å². The minimum Gasteiger partial charge on any atom is -0.455 e. The van der Waals surface area contributed by atoms with Crippen LogP contribution in [-0.4, -0.2) is 24.3 Å². The van der Waals surface area contributed by atoms with Crippen LogP contribution in [0.25, 0.3) is 11.3 Å². The molecule has 2 atom stereocenters. The lowest BCUT2D eigenvalue weighted by atomic mass is 10.1. The molecule has 106 valence electrons. The lowest BCUT2D eigenvalue weighted by molar-refractivity contribution is -0.922. The molecule has 0 spiro atoms. The van der Waals surface area contributed by atoms with Gasteiger partial charge in [0.15, 0.2) is 5.76 Å². The summed E-state index contributed by atoms with van der Waals surface area (Å²) in [6.07, 6.45) is 1.83. The van der Waals surface area contributed by atoms with Crippen molar-refractivity contribution in [3.63, 3.8) is 0 Å². The highest BCUT2D eigenvalue weighted by Crippen LogP contribution is 2.28. The van der Waals surface area contributed by atoms with E-state index in [9.17, 15) is 5.11 Å². The van der Waals surface area contributed by atoms with Gasteiger partial charge < -0.3 is 14.4 Å². The summed E-state index contributed by atoms with van der Waals surface area (Å²) in [6, 6.07) is 11.7. The number of hydrogen-bond donors (Lipinski definition) is 2. The minimum absolute atomic E-state index is 0.170. The molecule has 3 rings (SSSR count). The Balaban J connectivity index is 1.72. The fraction of sp³-hybridized carbons (Fsp3) is 0.375. The standard InChI is InChI=1S/C16H18ClNO2/c17-15-6-2-1-5-14(15)16-8-7-13(20-16)11-18-9-3-4-12(19)10-18/h1-2,5-8,12,19H,3-4,9-11H2/p+1/t12-/m0/s1. The van der Waals surface area contributed by atoms with Gasteiger partial charge in [-0.05, 0) is 37.1 Å². The van der Waals surface area contributed by atoms with Crippen molar-refractivity contribution in [3.05, 3.63) is 47.2 Å². The highest BCUT2D eigenvalue weighted by molar-refractivity contribution is 6.33. The Bertz CT molecular complexity index is 581. The van der Waals surface area contributed by atoms with Gasteiger partial charge in [0.25, 0.3) is 0 Å². The van der Waals surface area contributed by atoms with Crippen LogP contribution in [-0.2, 0) is 6.54 Å². The zero-order chi connectivity index (χ0) is 13.9. The Labute approximate surface area is 123 Å². The van der Waals surface area contributed by atoms with E-state index in [-0.39, 0.29) is 6.10 Å². The van der Waals surface area contributed by atoms with Crippen molar-refractivity contribution in [1.82, 2.24) is 0 Å². The van der Waals surface area contributed by atoms with Crippen molar-refractivity contribution in [2.24, 2.45) is 0 Å². The molecule has 3 nitrogen and oxygen atoms in total. The zero-order valence-corrected chi connectivity index (χ0v) is 12.1. The second-order valence-corrected chi connectivity index (χ2v) is 5.83. The summed E-state index contributed by atoms with van der Waals surface area (Å²) in [5.41, 5.74) is 0.925. The van der Waals surface area contributed by atoms with Crippen LogP contribution in [0.5, 0.6) is 0 Å². The van der Waals surface area contributed by atoms with E-state index in [1.165, 1.54) is 4.90 Å². The first kappa shape index (κ1) is 13.7. The van der Waals surface area contributed by atoms with Gasteiger partial charge in [-0.1, -0.05) is 23.7 Å². The van der Waals surface area contributed by atoms with Gasteiger partial charge in [-0.3, -0.25) is 0 Å². The summed E-state index contributed by atoms with van der Waals surface area (Å²) >= 11 is 6.18. The molecule has 1 aromatic carbocycles. The third-order valence-electron chi connectivity index (χ3n) is 3.82. The lowest BCUT2D eigenvalue weighted by Crippen LogP contribution is -3.12. The maximum atomic E-state index is 9.71. The molecular weight excluding hydrogens is 274 g/mol. The van der Waals surface area contributed by atoms with Gasteiger partial charge in [0.1, 0.15) is 25.0 Å². The molecule has 20 heavy (non-hydrogen) atoms. The number of hydrogen-bond acceptors (Lipinski definition) is 2. The number of piperidine rings is 1. The van der Waals surface area contributed by atoms with E-state index < -0.39 is 0 Å². The van der Waals surface area contributed by atoms with Crippen molar-refractivity contribution in [2.45, 2.75) is 25.5 Å². The molecule has 2 heterocycles. The van der Waals surface area contributed by atoms with E-state index in [4.69, 9.17) is 16.0 Å². The Hall–Kier alpha value is -1.29. The van der Waals surface area contributed by atoms with Crippen molar-refractivity contribution < 1.29 is 14.4 Å². The number of quaternary nitrogens is 1. The van der Waals surface area contributed by atoms with E-state index >= 15 is 0 Å². The second-order valence-electron chi connectivity index (χ2n) is 5.42. The SMILES string of the molecule is O[C@H]1CCC[NH+](Cc2ccc(-c3ccccc3Cl)o2)C1. The summed E-state index contributed by atoms with van der Waals surface area (Å²) in [4.78, 5) is 1.38. The number of nitrogens with one attached hydrogen (secondary N) is 1. The molecular formula is C16H19ClNO2+. The van der Waals surface area contributed by atoms with E-state index in [0.717, 1.165) is 49.6 Å². The summed E-state index contributed by atoms with van der Waals surface area (Å²) in [5, 5.41) is 10.4. The molecule has 0 saturated carbocycles. The molecule has 1 fully saturated rings. The third-order valence-corrected chi connectivity index (χ3v) is 4.15. The molecule has 1 aliphatic rings. The number of benzene rings is 1. The van der Waals surface area contributed by atoms with Crippen molar-refractivity contribution in [2.75, 3.05) is 13.1 Å². The first-order valence-electron chi connectivity index (χ1n) is 7.07. The smallest absolute Gasteiger partial charge is 0.158 e. The highest BCUT2D eigenvalue weighted by atomic mass is 35.5. The fourth-order valence-corrected chi connectivity index (χ4v) is 3.04. The predicted molar refractivity (Wildman–Crippen MR) is 78.8 cm³/mol. The summed E-state index contributed by atoms with van der Waals surface area (Å²) < 4.78 is 5.90. The zero-order valence-electron chi connectivity index (χ0n) is 11.3. The maximum Gasteiger partial charge on any atom is 0.158 e. The Kier molecular flexibility index (Phi) is 4.10. The molecule has 4 heteroatoms. The number of aliphatic hydroxyl groups excluding tert-OH is 1. The van der Waals surface area contributed by atoms with Crippen LogP contribution in [0.2, 0.25) is 5.02 Å². The summed E-state index contributed by atoms with van der Waals surface area (Å²) in [5.74, 6) is 1.76. The van der Waals surface area contributed by atoms with E-state index in [1.54, 1.807) is 0 Å². The van der Waals surface area contributed by atoms with Gasteiger partial charge in [-0.25, -0.2) is 0 Å². The Morgan fingerprint density at radius 3 is 2.90 bits per heavy atom. The monoisotopic (exact) mass is 292 g/mol. The molecule has 1 aliphatic heterocycles. The van der Waals surface area contributed by atoms with Gasteiger partial charge >= 0.3 is 0 Å². The Morgan fingerprint density at radius 2 is 2.10 bits per heavy atom. The largest absolute Gasteiger partial charge is 0.455 e. The van der Waals surface area contributed by atoms with Crippen LogP contribution in [0.3, 0.4) is 0 Å². The fourth-order valence-electron chi connectivity index (χ4n) is 2.81. The summed E-state index contributed by atoms with van der Waals surface area (Å²) in [6.45, 7) is 2.73. The minimum atomic E-state index is -0.170. The average Bonchev–Trinajstić information content (AvgIpc) is 2.87. The predicted octanol–water partition coefficient (Wildman–Crippen LogP) is 2.14. The number of halogens is 1. The number of aliphatic hydroxyl groups is 1. The second kappa shape index (κ2) is 6.00. The average molecular weight is 293 g/mol. The van der Waals surface area contributed by atoms with Crippen molar-refractivity contribution in [3.8, 4) is 11.3 Å². The van der Waals surface area contributed by atoms with Gasteiger partial charge in [0.05, 0.1) is 11.6 Å². The molecule has 0 radical (unpaired) electrons. The van der Waals surface area contributed by atoms with Crippen LogP contribution in [0.4, 0.5) is 0 Å². The van der Waals surface area contributed by atoms with Crippen molar-refractivity contribution >= 4 is 11.6 Å². The molecule has 1 aromatic heterocycles. The lowest BCUT2D eigenvalue weighted by Gasteiger charge is -2.26. The van der Waals surface area contributed by atoms with E-state index in [0.29, 0.717) is 5.02 Å². The molecule has 2 aromatic rings. The van der Waals surface area contributed by atoms with Crippen LogP contribution >= 0.6 is 11.6 Å². The molecule has 0 bridgehead atoms. The Morgan fingerprint density at radius 1 is 1.25 bits per heavy atom. The first-order chi connectivity index (χ1) is 9.72. The number of likely N-dealkylation sites (tertiary alicyclic amines) is 1. The van der Waals surface area contributed by atoms with Crippen LogP contribution in [0.15, 0.2) is 40.8 Å². The number of rotatable bonds is 3. The van der Waals surface area contributed by atoms with Crippen LogP contribution in [0.1, 0.15) is 18.6 Å². The van der Waals surface area contributed by atoms with Crippen LogP contribution in [0, 0.1) is 0 Å². The molecule has 0 aliphatic carbocycles. The molecule has 0 amide bonds. The van der Waals surface area contributed by atoms with Gasteiger partial charge in [0.2, 0.25) is 0 Å². The molecule has 2 N–H and O–H groups in total. The third kappa shape index (κ3) is 3.06. The van der Waals surface area contributed by atoms with Gasteiger partial charge in [-0.15, -0.1) is 0 Å². The van der Waals surface area contributed by atoms with Crippen molar-refractivity contribution in [1.29, 1.82) is 0 Å².